The van der Waals surface area contributed by atoms with Gasteiger partial charge < -0.3 is 14.7 Å². The van der Waals surface area contributed by atoms with E-state index in [1.165, 1.54) is 9.80 Å². The van der Waals surface area contributed by atoms with Crippen molar-refractivity contribution in [3.05, 3.63) is 29.8 Å². The fraction of sp³-hybridized carbons (Fsp3) is 0.467. The first-order valence-corrected chi connectivity index (χ1v) is 6.68. The van der Waals surface area contributed by atoms with E-state index in [9.17, 15) is 9.59 Å². The second-order valence-electron chi connectivity index (χ2n) is 5.01. The first-order chi connectivity index (χ1) is 9.86. The summed E-state index contributed by atoms with van der Waals surface area (Å²) in [5.41, 5.74) is 1.60. The summed E-state index contributed by atoms with van der Waals surface area (Å²) in [5, 5.41) is 9.04. The number of aliphatic carboxylic acids is 1. The minimum atomic E-state index is -1.06. The Bertz CT molecular complexity index is 487. The number of anilines is 1. The van der Waals surface area contributed by atoms with Crippen molar-refractivity contribution >= 4 is 17.7 Å². The number of hydrogen-bond donors (Lipinski definition) is 1. The van der Waals surface area contributed by atoms with Crippen LogP contribution in [-0.4, -0.2) is 55.4 Å². The van der Waals surface area contributed by atoms with Crippen LogP contribution in [0.15, 0.2) is 24.3 Å². The fourth-order valence-corrected chi connectivity index (χ4v) is 1.86. The number of ether oxygens (including phenoxy) is 1. The van der Waals surface area contributed by atoms with Crippen molar-refractivity contribution in [2.24, 2.45) is 0 Å². The minimum absolute atomic E-state index is 0.149. The molecular formula is C15H22N2O4. The molecule has 0 spiro atoms. The summed E-state index contributed by atoms with van der Waals surface area (Å²) in [6.45, 7) is 3.78. The van der Waals surface area contributed by atoms with E-state index in [0.717, 1.165) is 5.56 Å². The highest BCUT2D eigenvalue weighted by atomic mass is 16.5. The van der Waals surface area contributed by atoms with Gasteiger partial charge >= 0.3 is 12.0 Å². The van der Waals surface area contributed by atoms with Gasteiger partial charge in [-0.15, -0.1) is 0 Å². The van der Waals surface area contributed by atoms with Crippen molar-refractivity contribution in [3.63, 3.8) is 0 Å². The van der Waals surface area contributed by atoms with E-state index in [0.29, 0.717) is 12.3 Å². The number of aryl methyl sites for hydroxylation is 1. The zero-order valence-corrected chi connectivity index (χ0v) is 12.9. The average Bonchev–Trinajstić information content (AvgIpc) is 2.44. The van der Waals surface area contributed by atoms with Crippen LogP contribution in [0.25, 0.3) is 0 Å². The van der Waals surface area contributed by atoms with Gasteiger partial charge in [-0.3, -0.25) is 9.69 Å². The Morgan fingerprint density at radius 2 is 1.86 bits per heavy atom. The van der Waals surface area contributed by atoms with Crippen LogP contribution in [0.4, 0.5) is 10.5 Å². The summed E-state index contributed by atoms with van der Waals surface area (Å²) in [4.78, 5) is 26.3. The van der Waals surface area contributed by atoms with E-state index in [1.54, 1.807) is 26.3 Å². The average molecular weight is 294 g/mol. The van der Waals surface area contributed by atoms with Gasteiger partial charge in [-0.25, -0.2) is 4.79 Å². The number of benzene rings is 1. The Morgan fingerprint density at radius 3 is 2.33 bits per heavy atom. The van der Waals surface area contributed by atoms with Gasteiger partial charge in [0.15, 0.2) is 0 Å². The number of hydrogen-bond acceptors (Lipinski definition) is 3. The number of likely N-dealkylation sites (N-methyl/N-ethyl adjacent to an activating group) is 1. The third kappa shape index (κ3) is 4.75. The van der Waals surface area contributed by atoms with Crippen LogP contribution >= 0.6 is 0 Å². The zero-order chi connectivity index (χ0) is 16.0. The maximum atomic E-state index is 12.5. The molecule has 0 bridgehead atoms. The summed E-state index contributed by atoms with van der Waals surface area (Å²) >= 11 is 0. The van der Waals surface area contributed by atoms with E-state index >= 15 is 0 Å². The molecule has 1 atom stereocenters. The molecule has 0 heterocycles. The predicted molar refractivity (Wildman–Crippen MR) is 80.7 cm³/mol. The lowest BCUT2D eigenvalue weighted by Gasteiger charge is -2.30. The Kier molecular flexibility index (Phi) is 6.17. The van der Waals surface area contributed by atoms with Gasteiger partial charge in [0.25, 0.3) is 0 Å². The maximum Gasteiger partial charge on any atom is 0.325 e. The topological polar surface area (TPSA) is 70.1 Å². The first kappa shape index (κ1) is 17.0. The lowest BCUT2D eigenvalue weighted by molar-refractivity contribution is -0.135. The van der Waals surface area contributed by atoms with Crippen molar-refractivity contribution in [3.8, 4) is 0 Å². The van der Waals surface area contributed by atoms with Crippen LogP contribution in [0.1, 0.15) is 12.5 Å². The fourth-order valence-electron chi connectivity index (χ4n) is 1.86. The van der Waals surface area contributed by atoms with Crippen LogP contribution in [0.3, 0.4) is 0 Å². The summed E-state index contributed by atoms with van der Waals surface area (Å²) in [6.07, 6.45) is 0. The van der Waals surface area contributed by atoms with Crippen molar-refractivity contribution in [1.82, 2.24) is 4.90 Å². The quantitative estimate of drug-likeness (QED) is 0.871. The Hall–Kier alpha value is -2.08. The molecule has 0 saturated heterocycles. The first-order valence-electron chi connectivity index (χ1n) is 6.68. The molecule has 2 amide bonds. The molecule has 1 aromatic rings. The number of nitrogens with zero attached hydrogens (tertiary/aromatic N) is 2. The molecule has 6 nitrogen and oxygen atoms in total. The highest BCUT2D eigenvalue weighted by Gasteiger charge is 2.25. The van der Waals surface area contributed by atoms with Gasteiger partial charge in [-0.1, -0.05) is 17.7 Å². The molecule has 1 unspecified atom stereocenters. The van der Waals surface area contributed by atoms with Crippen molar-refractivity contribution in [2.45, 2.75) is 19.9 Å². The third-order valence-electron chi connectivity index (χ3n) is 3.24. The van der Waals surface area contributed by atoms with Gasteiger partial charge in [-0.2, -0.15) is 0 Å². The number of carboxylic acids is 1. The van der Waals surface area contributed by atoms with Gasteiger partial charge in [0, 0.05) is 19.8 Å². The maximum absolute atomic E-state index is 12.5. The van der Waals surface area contributed by atoms with E-state index in [2.05, 4.69) is 0 Å². The van der Waals surface area contributed by atoms with Gasteiger partial charge in [0.2, 0.25) is 0 Å². The number of carbonyl (C=O) groups excluding carboxylic acids is 1. The second kappa shape index (κ2) is 7.64. The minimum Gasteiger partial charge on any atom is -0.480 e. The molecule has 6 heteroatoms. The molecular weight excluding hydrogens is 272 g/mol. The lowest BCUT2D eigenvalue weighted by Crippen LogP contribution is -2.48. The Labute approximate surface area is 124 Å². The monoisotopic (exact) mass is 294 g/mol. The summed E-state index contributed by atoms with van der Waals surface area (Å²) in [6, 6.07) is 6.65. The largest absolute Gasteiger partial charge is 0.480 e. The highest BCUT2D eigenvalue weighted by molar-refractivity contribution is 5.96. The van der Waals surface area contributed by atoms with Crippen molar-refractivity contribution in [2.75, 3.05) is 32.2 Å². The predicted octanol–water partition coefficient (Wildman–Crippen LogP) is 1.97. The summed E-state index contributed by atoms with van der Waals surface area (Å²) < 4.78 is 5.03. The molecule has 1 rings (SSSR count). The Balaban J connectivity index is 2.99. The summed E-state index contributed by atoms with van der Waals surface area (Å²) in [5.74, 6) is -1.06. The van der Waals surface area contributed by atoms with Gasteiger partial charge in [-0.05, 0) is 26.0 Å². The van der Waals surface area contributed by atoms with Gasteiger partial charge in [0.1, 0.15) is 6.54 Å². The SMILES string of the molecule is COCC(C)N(C)C(=O)N(CC(=O)O)c1ccc(C)cc1. The number of urea groups is 1. The molecule has 0 aliphatic heterocycles. The number of carbonyl (C=O) groups is 2. The molecule has 1 aromatic carbocycles. The Morgan fingerprint density at radius 1 is 1.29 bits per heavy atom. The van der Waals surface area contributed by atoms with Crippen LogP contribution in [0, 0.1) is 6.92 Å². The van der Waals surface area contributed by atoms with E-state index < -0.39 is 5.97 Å². The van der Waals surface area contributed by atoms with E-state index in [1.807, 2.05) is 26.0 Å². The van der Waals surface area contributed by atoms with Crippen LogP contribution in [0.2, 0.25) is 0 Å². The third-order valence-corrected chi connectivity index (χ3v) is 3.24. The van der Waals surface area contributed by atoms with Crippen molar-refractivity contribution in [1.29, 1.82) is 0 Å². The second-order valence-corrected chi connectivity index (χ2v) is 5.01. The van der Waals surface area contributed by atoms with Crippen molar-refractivity contribution < 1.29 is 19.4 Å². The van der Waals surface area contributed by atoms with Crippen LogP contribution < -0.4 is 4.90 Å². The summed E-state index contributed by atoms with van der Waals surface area (Å²) in [7, 11) is 3.19. The van der Waals surface area contributed by atoms with Crippen LogP contribution in [0.5, 0.6) is 0 Å². The van der Waals surface area contributed by atoms with Crippen LogP contribution in [-0.2, 0) is 9.53 Å². The standard InChI is InChI=1S/C15H22N2O4/c1-11-5-7-13(8-6-11)17(9-14(18)19)15(20)16(3)12(2)10-21-4/h5-8,12H,9-10H2,1-4H3,(H,18,19). The normalized spacial score (nSPS) is 11.8. The smallest absolute Gasteiger partial charge is 0.325 e. The number of amides is 2. The van der Waals surface area contributed by atoms with Gasteiger partial charge in [0.05, 0.1) is 12.6 Å². The lowest BCUT2D eigenvalue weighted by atomic mass is 10.2. The molecule has 116 valence electrons. The molecule has 0 aliphatic carbocycles. The molecule has 0 radical (unpaired) electrons. The number of carboxylic acid groups (broad SMARTS) is 1. The molecule has 0 fully saturated rings. The highest BCUT2D eigenvalue weighted by Crippen LogP contribution is 2.17. The molecule has 0 aromatic heterocycles. The molecule has 0 aliphatic rings. The van der Waals surface area contributed by atoms with E-state index in [-0.39, 0.29) is 18.6 Å². The molecule has 0 saturated carbocycles. The molecule has 21 heavy (non-hydrogen) atoms. The number of rotatable bonds is 6. The zero-order valence-electron chi connectivity index (χ0n) is 12.9. The number of methoxy groups -OCH3 is 1. The van der Waals surface area contributed by atoms with E-state index in [4.69, 9.17) is 9.84 Å². The molecule has 1 N–H and O–H groups in total.